The summed E-state index contributed by atoms with van der Waals surface area (Å²) in [7, 11) is 1.34. The van der Waals surface area contributed by atoms with Crippen molar-refractivity contribution in [1.29, 1.82) is 0 Å². The highest BCUT2D eigenvalue weighted by Crippen LogP contribution is 2.39. The van der Waals surface area contributed by atoms with Gasteiger partial charge in [-0.3, -0.25) is 14.2 Å². The molecule has 0 unspecified atom stereocenters. The number of halogens is 1. The summed E-state index contributed by atoms with van der Waals surface area (Å²) in [5, 5.41) is 13.6. The van der Waals surface area contributed by atoms with E-state index in [2.05, 4.69) is 59.8 Å². The Kier molecular flexibility index (Phi) is 11.4. The van der Waals surface area contributed by atoms with Gasteiger partial charge in [0.05, 0.1) is 13.8 Å². The van der Waals surface area contributed by atoms with Crippen LogP contribution in [0.2, 0.25) is 0 Å². The van der Waals surface area contributed by atoms with E-state index >= 15 is 0 Å². The van der Waals surface area contributed by atoms with Crippen molar-refractivity contribution in [2.45, 2.75) is 64.2 Å². The van der Waals surface area contributed by atoms with Gasteiger partial charge in [0.15, 0.2) is 5.76 Å². The molecule has 1 saturated carbocycles. The molecular weight excluding hydrogens is 539 g/mol. The fourth-order valence-corrected chi connectivity index (χ4v) is 5.64. The summed E-state index contributed by atoms with van der Waals surface area (Å²) in [6.07, 6.45) is 8.60. The third-order valence-electron chi connectivity index (χ3n) is 7.94. The van der Waals surface area contributed by atoms with E-state index in [1.54, 1.807) is 12.1 Å². The molecule has 0 bridgehead atoms. The van der Waals surface area contributed by atoms with E-state index in [-0.39, 0.29) is 18.2 Å². The van der Waals surface area contributed by atoms with Crippen LogP contribution in [0.5, 0.6) is 11.5 Å². The van der Waals surface area contributed by atoms with E-state index < -0.39 is 11.7 Å². The lowest BCUT2D eigenvalue weighted by atomic mass is 9.77. The molecule has 0 aliphatic heterocycles. The quantitative estimate of drug-likeness (QED) is 0.0673. The number of carbonyl (C=O) groups is 1. The second-order valence-corrected chi connectivity index (χ2v) is 10.6. The maximum Gasteiger partial charge on any atom is 0.410 e. The third-order valence-corrected chi connectivity index (χ3v) is 7.94. The molecule has 0 radical (unpaired) electrons. The van der Waals surface area contributed by atoms with Gasteiger partial charge in [0, 0.05) is 5.04 Å². The summed E-state index contributed by atoms with van der Waals surface area (Å²) in [5.74, 6) is -0.380. The van der Waals surface area contributed by atoms with Gasteiger partial charge in [-0.2, -0.15) is 4.89 Å². The van der Waals surface area contributed by atoms with Crippen molar-refractivity contribution in [3.8, 4) is 33.8 Å². The van der Waals surface area contributed by atoms with E-state index in [4.69, 9.17) is 19.8 Å². The van der Waals surface area contributed by atoms with Crippen LogP contribution in [0.25, 0.3) is 22.3 Å². The summed E-state index contributed by atoms with van der Waals surface area (Å²) >= 11 is 0. The molecule has 1 aliphatic carbocycles. The van der Waals surface area contributed by atoms with Crippen LogP contribution in [0.15, 0.2) is 73.0 Å². The lowest BCUT2D eigenvalue weighted by Crippen LogP contribution is -2.13. The van der Waals surface area contributed by atoms with Crippen LogP contribution in [0.1, 0.15) is 68.9 Å². The summed E-state index contributed by atoms with van der Waals surface area (Å²) < 4.78 is 12.4. The second kappa shape index (κ2) is 15.4. The Balaban J connectivity index is 1.46. The van der Waals surface area contributed by atoms with Crippen LogP contribution in [0.3, 0.4) is 0 Å². The van der Waals surface area contributed by atoms with Gasteiger partial charge in [-0.1, -0.05) is 68.3 Å². The first-order valence-corrected chi connectivity index (χ1v) is 14.5. The van der Waals surface area contributed by atoms with Crippen molar-refractivity contribution in [2.75, 3.05) is 13.8 Å². The highest BCUT2D eigenvalue weighted by Gasteiger charge is 2.22. The Morgan fingerprint density at radius 3 is 2.26 bits per heavy atom. The normalized spacial score (nSPS) is 16.5. The molecule has 4 rings (SSSR count). The predicted molar refractivity (Wildman–Crippen MR) is 158 cm³/mol. The SMILES string of the molecule is C=C(O)C(=O)OOOc1cc(-c2ccc(-c3ccc(C4CCC(CCCCF)CC4)cc3)c(CC)c2)ccc1OOC. The Morgan fingerprint density at radius 1 is 0.905 bits per heavy atom. The largest absolute Gasteiger partial charge is 0.502 e. The Morgan fingerprint density at radius 2 is 1.60 bits per heavy atom. The number of rotatable bonds is 14. The molecule has 3 aromatic rings. The van der Waals surface area contributed by atoms with Gasteiger partial charge in [0.2, 0.25) is 11.5 Å². The van der Waals surface area contributed by atoms with Gasteiger partial charge in [-0.15, -0.1) is 0 Å². The number of carbonyl (C=O) groups excluding carboxylic acids is 1. The van der Waals surface area contributed by atoms with Crippen molar-refractivity contribution < 1.29 is 38.9 Å². The molecule has 7 nitrogen and oxygen atoms in total. The van der Waals surface area contributed by atoms with Crippen LogP contribution in [0.4, 0.5) is 4.39 Å². The van der Waals surface area contributed by atoms with E-state index in [1.807, 2.05) is 12.1 Å². The van der Waals surface area contributed by atoms with Gasteiger partial charge < -0.3 is 9.99 Å². The van der Waals surface area contributed by atoms with Crippen LogP contribution >= 0.6 is 0 Å². The van der Waals surface area contributed by atoms with Crippen molar-refractivity contribution in [3.05, 3.63) is 84.1 Å². The summed E-state index contributed by atoms with van der Waals surface area (Å²) in [6.45, 7) is 4.99. The van der Waals surface area contributed by atoms with Gasteiger partial charge in [0.1, 0.15) is 0 Å². The Labute approximate surface area is 246 Å². The van der Waals surface area contributed by atoms with Crippen LogP contribution < -0.4 is 9.78 Å². The van der Waals surface area contributed by atoms with Crippen molar-refractivity contribution in [1.82, 2.24) is 0 Å². The molecule has 3 aromatic carbocycles. The predicted octanol–water partition coefficient (Wildman–Crippen LogP) is 8.78. The smallest absolute Gasteiger partial charge is 0.410 e. The first-order chi connectivity index (χ1) is 20.4. The van der Waals surface area contributed by atoms with Gasteiger partial charge in [0.25, 0.3) is 0 Å². The molecule has 1 aliphatic rings. The van der Waals surface area contributed by atoms with Gasteiger partial charge in [-0.25, -0.2) is 4.79 Å². The molecule has 0 amide bonds. The average Bonchev–Trinajstić information content (AvgIpc) is 3.02. The molecule has 1 N–H and O–H groups in total. The first-order valence-electron chi connectivity index (χ1n) is 14.5. The lowest BCUT2D eigenvalue weighted by Gasteiger charge is -2.29. The second-order valence-electron chi connectivity index (χ2n) is 10.6. The highest BCUT2D eigenvalue weighted by molar-refractivity contribution is 5.84. The zero-order valence-corrected chi connectivity index (χ0v) is 24.3. The average molecular weight is 579 g/mol. The Bertz CT molecular complexity index is 1330. The summed E-state index contributed by atoms with van der Waals surface area (Å²) in [5.41, 5.74) is 6.71. The highest BCUT2D eigenvalue weighted by atomic mass is 19.1. The molecule has 0 atom stereocenters. The number of benzene rings is 3. The van der Waals surface area contributed by atoms with Crippen LogP contribution in [0, 0.1) is 5.92 Å². The van der Waals surface area contributed by atoms with Crippen LogP contribution in [-0.2, 0) is 26.0 Å². The zero-order valence-electron chi connectivity index (χ0n) is 24.3. The molecule has 0 saturated heterocycles. The first kappa shape index (κ1) is 31.1. The standard InChI is InChI=1S/C34H39FO7/c1-4-25-21-29(30-17-19-32(39-38-3)33(22-30)40-42-41-34(37)23(2)36)16-18-31(25)28-14-12-27(13-15-28)26-10-8-24(9-11-26)7-5-6-20-35/h12-19,21-22,24,26,36H,2,4-11,20H2,1,3H3. The molecule has 0 aromatic heterocycles. The van der Waals surface area contributed by atoms with Gasteiger partial charge >= 0.3 is 5.97 Å². The van der Waals surface area contributed by atoms with E-state index in [9.17, 15) is 9.18 Å². The topological polar surface area (TPSA) is 83.5 Å². The molecular formula is C34H39FO7. The minimum absolute atomic E-state index is 0.0946. The molecule has 1 fully saturated rings. The number of aryl methyl sites for hydroxylation is 1. The van der Waals surface area contributed by atoms with E-state index in [0.717, 1.165) is 36.3 Å². The molecule has 42 heavy (non-hydrogen) atoms. The summed E-state index contributed by atoms with van der Waals surface area (Å²) in [6, 6.07) is 20.4. The number of alkyl halides is 1. The fraction of sp³-hybridized carbons (Fsp3) is 0.382. The number of hydrogen-bond acceptors (Lipinski definition) is 7. The monoisotopic (exact) mass is 578 g/mol. The van der Waals surface area contributed by atoms with Crippen molar-refractivity contribution in [2.24, 2.45) is 5.92 Å². The number of hydrogen-bond donors (Lipinski definition) is 1. The molecule has 224 valence electrons. The van der Waals surface area contributed by atoms with E-state index in [0.29, 0.717) is 12.3 Å². The number of aliphatic hydroxyl groups is 1. The molecule has 0 spiro atoms. The Hall–Kier alpha value is -3.88. The minimum atomic E-state index is -1.19. The number of aliphatic hydroxyl groups excluding tert-OH is 1. The lowest BCUT2D eigenvalue weighted by molar-refractivity contribution is -0.436. The fourth-order valence-electron chi connectivity index (χ4n) is 5.64. The van der Waals surface area contributed by atoms with E-state index in [1.165, 1.54) is 55.0 Å². The van der Waals surface area contributed by atoms with Gasteiger partial charge in [-0.05, 0) is 102 Å². The molecule has 8 heteroatoms. The number of unbranched alkanes of at least 4 members (excludes halogenated alkanes) is 1. The van der Waals surface area contributed by atoms with Crippen molar-refractivity contribution >= 4 is 5.97 Å². The van der Waals surface area contributed by atoms with Crippen LogP contribution in [-0.4, -0.2) is 24.9 Å². The molecule has 0 heterocycles. The maximum atomic E-state index is 12.4. The minimum Gasteiger partial charge on any atom is -0.502 e. The maximum absolute atomic E-state index is 12.4. The van der Waals surface area contributed by atoms with Crippen molar-refractivity contribution in [3.63, 3.8) is 0 Å². The summed E-state index contributed by atoms with van der Waals surface area (Å²) in [4.78, 5) is 30.6. The zero-order chi connectivity index (χ0) is 29.9. The third kappa shape index (κ3) is 8.11.